The van der Waals surface area contributed by atoms with Gasteiger partial charge in [-0.2, -0.15) is 0 Å². The zero-order valence-corrected chi connectivity index (χ0v) is 11.9. The molecular weight excluding hydrogens is 254 g/mol. The smallest absolute Gasteiger partial charge is 0.231 e. The normalized spacial score (nSPS) is 16.4. The van der Waals surface area contributed by atoms with Gasteiger partial charge in [0.2, 0.25) is 12.5 Å². The summed E-state index contributed by atoms with van der Waals surface area (Å²) in [6, 6.07) is 4.03. The first kappa shape index (κ1) is 13.3. The molecule has 1 heterocycles. The molecule has 0 amide bonds. The van der Waals surface area contributed by atoms with Crippen molar-refractivity contribution in [1.82, 2.24) is 5.32 Å². The van der Waals surface area contributed by atoms with Crippen LogP contribution in [0.15, 0.2) is 23.8 Å². The Balaban J connectivity index is 1.54. The molecule has 0 spiro atoms. The van der Waals surface area contributed by atoms with Crippen molar-refractivity contribution in [3.63, 3.8) is 0 Å². The monoisotopic (exact) mass is 275 g/mol. The molecule has 108 valence electrons. The average Bonchev–Trinajstić information content (AvgIpc) is 3.13. The summed E-state index contributed by atoms with van der Waals surface area (Å²) in [5, 5.41) is 3.48. The number of nitrogens with one attached hydrogen (secondary N) is 1. The highest BCUT2D eigenvalue weighted by Crippen LogP contribution is 2.41. The third kappa shape index (κ3) is 2.90. The molecule has 1 aliphatic heterocycles. The number of fused-ring (bicyclic) bond motifs is 1. The van der Waals surface area contributed by atoms with Crippen molar-refractivity contribution < 1.29 is 14.2 Å². The number of hydrogen-bond acceptors (Lipinski definition) is 4. The van der Waals surface area contributed by atoms with Crippen LogP contribution in [0.2, 0.25) is 0 Å². The van der Waals surface area contributed by atoms with Gasteiger partial charge in [-0.1, -0.05) is 11.6 Å². The maximum atomic E-state index is 5.43. The standard InChI is InChI=1S/C16H21NO3/c1-18-14-8-13(9-15-16(14)20-11-19-15)10-17-7-6-12-4-2-3-5-12/h4,8-9,17H,2-3,5-7,10-11H2,1H3. The van der Waals surface area contributed by atoms with Crippen molar-refractivity contribution in [2.75, 3.05) is 20.4 Å². The molecule has 0 fully saturated rings. The van der Waals surface area contributed by atoms with Crippen LogP contribution in [0.4, 0.5) is 0 Å². The second-order valence-electron chi connectivity index (χ2n) is 5.21. The highest BCUT2D eigenvalue weighted by atomic mass is 16.7. The van der Waals surface area contributed by atoms with E-state index in [0.29, 0.717) is 5.75 Å². The first-order valence-electron chi connectivity index (χ1n) is 7.22. The summed E-state index contributed by atoms with van der Waals surface area (Å²) in [4.78, 5) is 0. The molecule has 1 N–H and O–H groups in total. The predicted octanol–water partition coefficient (Wildman–Crippen LogP) is 3.01. The van der Waals surface area contributed by atoms with Crippen LogP contribution in [0.5, 0.6) is 17.2 Å². The fraction of sp³-hybridized carbons (Fsp3) is 0.500. The van der Waals surface area contributed by atoms with Crippen LogP contribution in [-0.2, 0) is 6.54 Å². The SMILES string of the molecule is COc1cc(CNCCC2=CCCC2)cc2c1OCO2. The lowest BCUT2D eigenvalue weighted by atomic mass is 10.1. The topological polar surface area (TPSA) is 39.7 Å². The van der Waals surface area contributed by atoms with Gasteiger partial charge in [-0.3, -0.25) is 0 Å². The Bertz CT molecular complexity index is 511. The number of ether oxygens (including phenoxy) is 3. The minimum absolute atomic E-state index is 0.275. The third-order valence-electron chi connectivity index (χ3n) is 3.81. The van der Waals surface area contributed by atoms with E-state index in [-0.39, 0.29) is 6.79 Å². The summed E-state index contributed by atoms with van der Waals surface area (Å²) in [5.41, 5.74) is 2.76. The summed E-state index contributed by atoms with van der Waals surface area (Å²) in [6.45, 7) is 2.11. The van der Waals surface area contributed by atoms with Gasteiger partial charge >= 0.3 is 0 Å². The molecule has 0 radical (unpaired) electrons. The van der Waals surface area contributed by atoms with E-state index in [4.69, 9.17) is 14.2 Å². The fourth-order valence-electron chi connectivity index (χ4n) is 2.73. The Morgan fingerprint density at radius 2 is 2.25 bits per heavy atom. The molecule has 3 rings (SSSR count). The largest absolute Gasteiger partial charge is 0.493 e. The Kier molecular flexibility index (Phi) is 4.11. The zero-order chi connectivity index (χ0) is 13.8. The highest BCUT2D eigenvalue weighted by Gasteiger charge is 2.19. The summed E-state index contributed by atoms with van der Waals surface area (Å²) in [5.74, 6) is 2.24. The number of benzene rings is 1. The molecular formula is C16H21NO3. The summed E-state index contributed by atoms with van der Waals surface area (Å²) >= 11 is 0. The molecule has 1 aromatic rings. The molecule has 0 atom stereocenters. The van der Waals surface area contributed by atoms with Gasteiger partial charge < -0.3 is 19.5 Å². The molecule has 0 saturated heterocycles. The summed E-state index contributed by atoms with van der Waals surface area (Å²) in [7, 11) is 1.65. The number of hydrogen-bond donors (Lipinski definition) is 1. The predicted molar refractivity (Wildman–Crippen MR) is 77.4 cm³/mol. The van der Waals surface area contributed by atoms with Gasteiger partial charge in [-0.15, -0.1) is 0 Å². The molecule has 2 aliphatic rings. The van der Waals surface area contributed by atoms with E-state index in [1.807, 2.05) is 12.1 Å². The first-order chi connectivity index (χ1) is 9.86. The van der Waals surface area contributed by atoms with Crippen LogP contribution in [0, 0.1) is 0 Å². The quantitative estimate of drug-likeness (QED) is 0.640. The molecule has 4 nitrogen and oxygen atoms in total. The lowest BCUT2D eigenvalue weighted by Crippen LogP contribution is -2.15. The molecule has 1 aliphatic carbocycles. The fourth-order valence-corrected chi connectivity index (χ4v) is 2.73. The van der Waals surface area contributed by atoms with Crippen LogP contribution < -0.4 is 19.5 Å². The van der Waals surface area contributed by atoms with Crippen molar-refractivity contribution in [3.8, 4) is 17.2 Å². The second kappa shape index (κ2) is 6.18. The van der Waals surface area contributed by atoms with Gasteiger partial charge in [0.05, 0.1) is 7.11 Å². The van der Waals surface area contributed by atoms with Crippen molar-refractivity contribution >= 4 is 0 Å². The van der Waals surface area contributed by atoms with Gasteiger partial charge in [-0.05, 0) is 49.9 Å². The third-order valence-corrected chi connectivity index (χ3v) is 3.81. The van der Waals surface area contributed by atoms with Gasteiger partial charge in [0.25, 0.3) is 0 Å². The van der Waals surface area contributed by atoms with E-state index in [9.17, 15) is 0 Å². The Morgan fingerprint density at radius 1 is 1.30 bits per heavy atom. The second-order valence-corrected chi connectivity index (χ2v) is 5.21. The van der Waals surface area contributed by atoms with Gasteiger partial charge in [0.1, 0.15) is 0 Å². The van der Waals surface area contributed by atoms with E-state index in [1.54, 1.807) is 12.7 Å². The van der Waals surface area contributed by atoms with E-state index < -0.39 is 0 Å². The van der Waals surface area contributed by atoms with E-state index >= 15 is 0 Å². The lowest BCUT2D eigenvalue weighted by Gasteiger charge is -2.09. The van der Waals surface area contributed by atoms with Crippen molar-refractivity contribution in [2.45, 2.75) is 32.2 Å². The van der Waals surface area contributed by atoms with Gasteiger partial charge in [-0.25, -0.2) is 0 Å². The van der Waals surface area contributed by atoms with E-state index in [0.717, 1.165) is 36.6 Å². The van der Waals surface area contributed by atoms with Crippen LogP contribution >= 0.6 is 0 Å². The molecule has 1 aromatic carbocycles. The average molecular weight is 275 g/mol. The van der Waals surface area contributed by atoms with Crippen LogP contribution in [-0.4, -0.2) is 20.4 Å². The van der Waals surface area contributed by atoms with Crippen molar-refractivity contribution in [1.29, 1.82) is 0 Å². The van der Waals surface area contributed by atoms with Crippen molar-refractivity contribution in [3.05, 3.63) is 29.3 Å². The van der Waals surface area contributed by atoms with Crippen LogP contribution in [0.25, 0.3) is 0 Å². The van der Waals surface area contributed by atoms with Gasteiger partial charge in [0, 0.05) is 6.54 Å². The van der Waals surface area contributed by atoms with Crippen LogP contribution in [0.3, 0.4) is 0 Å². The molecule has 0 saturated carbocycles. The molecule has 0 aromatic heterocycles. The van der Waals surface area contributed by atoms with Crippen molar-refractivity contribution in [2.24, 2.45) is 0 Å². The zero-order valence-electron chi connectivity index (χ0n) is 11.9. The number of methoxy groups -OCH3 is 1. The summed E-state index contributed by atoms with van der Waals surface area (Å²) < 4.78 is 16.2. The van der Waals surface area contributed by atoms with E-state index in [1.165, 1.54) is 19.3 Å². The molecule has 4 heteroatoms. The molecule has 0 unspecified atom stereocenters. The Morgan fingerprint density at radius 3 is 3.05 bits per heavy atom. The minimum Gasteiger partial charge on any atom is -0.493 e. The number of rotatable bonds is 6. The minimum atomic E-state index is 0.275. The molecule has 0 bridgehead atoms. The van der Waals surface area contributed by atoms with E-state index in [2.05, 4.69) is 11.4 Å². The lowest BCUT2D eigenvalue weighted by molar-refractivity contribution is 0.171. The molecule has 20 heavy (non-hydrogen) atoms. The maximum Gasteiger partial charge on any atom is 0.231 e. The highest BCUT2D eigenvalue weighted by molar-refractivity contribution is 5.55. The Labute approximate surface area is 119 Å². The van der Waals surface area contributed by atoms with Gasteiger partial charge in [0.15, 0.2) is 11.5 Å². The Hall–Kier alpha value is -1.68. The maximum absolute atomic E-state index is 5.43. The summed E-state index contributed by atoms with van der Waals surface area (Å²) in [6.07, 6.45) is 7.40. The van der Waals surface area contributed by atoms with Crippen LogP contribution in [0.1, 0.15) is 31.2 Å². The number of allylic oxidation sites excluding steroid dienone is 1. The first-order valence-corrected chi connectivity index (χ1v) is 7.22.